The van der Waals surface area contributed by atoms with Crippen molar-refractivity contribution < 1.29 is 33.2 Å². The van der Waals surface area contributed by atoms with Crippen LogP contribution in [0.5, 0.6) is 0 Å². The zero-order valence-corrected chi connectivity index (χ0v) is 29.4. The van der Waals surface area contributed by atoms with Crippen LogP contribution in [0.15, 0.2) is 23.4 Å². The van der Waals surface area contributed by atoms with Gasteiger partial charge in [0, 0.05) is 31.9 Å². The molecule has 0 unspecified atom stereocenters. The molecule has 1 spiro atoms. The molecule has 2 heterocycles. The van der Waals surface area contributed by atoms with Gasteiger partial charge in [0.25, 0.3) is 5.91 Å². The SMILES string of the molecule is CCC[C@H](NC(=O)[C@@H]1C[C@]2(CC(c3ccc(F)c(Cl)c3)=NO2)CN1C(=O)[C@@H](NC(=O)CC1CCCCCC1)C(C)(C)C)C(=O)C(=O)NC. The number of carbonyl (C=O) groups excluding carboxylic acids is 5. The molecule has 1 aliphatic carbocycles. The van der Waals surface area contributed by atoms with E-state index in [2.05, 4.69) is 21.1 Å². The number of nitrogens with zero attached hydrogens (tertiary/aromatic N) is 2. The standard InChI is InChI=1S/C35H49ClFN5O6/c1-6-11-25(29(44)32(46)38-5)39-31(45)27-19-35(18-26(41-48-35)22-14-15-24(37)23(36)17-22)20-42(27)33(47)30(34(2,3)4)40-28(43)16-21-12-9-7-8-10-13-21/h14-15,17,21,25,27,30H,6-13,16,18-20H2,1-5H3,(H,38,46)(H,39,45)(H,40,43)/t25-,27-,30+,35+/m0/s1. The van der Waals surface area contributed by atoms with Crippen LogP contribution < -0.4 is 16.0 Å². The number of hydrogen-bond acceptors (Lipinski definition) is 7. The number of ketones is 1. The molecule has 2 aliphatic heterocycles. The Morgan fingerprint density at radius 3 is 2.40 bits per heavy atom. The van der Waals surface area contributed by atoms with Crippen LogP contribution in [0.4, 0.5) is 4.39 Å². The maximum atomic E-state index is 14.5. The van der Waals surface area contributed by atoms with Gasteiger partial charge in [0.15, 0.2) is 5.60 Å². The van der Waals surface area contributed by atoms with E-state index in [0.717, 1.165) is 38.5 Å². The van der Waals surface area contributed by atoms with E-state index in [-0.39, 0.29) is 42.7 Å². The van der Waals surface area contributed by atoms with Gasteiger partial charge < -0.3 is 25.7 Å². The average molecular weight is 690 g/mol. The summed E-state index contributed by atoms with van der Waals surface area (Å²) in [5.41, 5.74) is -0.795. The Morgan fingerprint density at radius 2 is 1.79 bits per heavy atom. The molecule has 4 atom stereocenters. The number of rotatable bonds is 11. The second kappa shape index (κ2) is 15.8. The summed E-state index contributed by atoms with van der Waals surface area (Å²) in [6.45, 7) is 7.36. The molecule has 2 fully saturated rings. The van der Waals surface area contributed by atoms with Crippen molar-refractivity contribution in [2.75, 3.05) is 13.6 Å². The Kier molecular flexibility index (Phi) is 12.3. The second-order valence-corrected chi connectivity index (χ2v) is 14.9. The second-order valence-electron chi connectivity index (χ2n) is 14.5. The molecule has 3 aliphatic rings. The van der Waals surface area contributed by atoms with Gasteiger partial charge in [-0.15, -0.1) is 0 Å². The highest BCUT2D eigenvalue weighted by Gasteiger charge is 2.55. The number of Topliss-reactive ketones (excluding diaryl/α,β-unsaturated/α-hetero) is 1. The van der Waals surface area contributed by atoms with Gasteiger partial charge in [-0.2, -0.15) is 0 Å². The fourth-order valence-electron chi connectivity index (χ4n) is 6.93. The first-order valence-electron chi connectivity index (χ1n) is 17.0. The quantitative estimate of drug-likeness (QED) is 0.232. The summed E-state index contributed by atoms with van der Waals surface area (Å²) >= 11 is 6.03. The van der Waals surface area contributed by atoms with Crippen LogP contribution in [0.2, 0.25) is 5.02 Å². The Balaban J connectivity index is 1.61. The smallest absolute Gasteiger partial charge is 0.289 e. The minimum absolute atomic E-state index is 0.0290. The summed E-state index contributed by atoms with van der Waals surface area (Å²) in [7, 11) is 1.34. The van der Waals surface area contributed by atoms with Crippen LogP contribution in [-0.2, 0) is 28.8 Å². The van der Waals surface area contributed by atoms with Gasteiger partial charge in [0.1, 0.15) is 17.9 Å². The molecule has 1 aromatic rings. The van der Waals surface area contributed by atoms with Crippen molar-refractivity contribution in [3.63, 3.8) is 0 Å². The minimum atomic E-state index is -1.11. The summed E-state index contributed by atoms with van der Waals surface area (Å²) in [5, 5.41) is 12.2. The molecule has 1 aromatic carbocycles. The molecule has 3 N–H and O–H groups in total. The summed E-state index contributed by atoms with van der Waals surface area (Å²) in [5.74, 6) is -3.22. The van der Waals surface area contributed by atoms with Gasteiger partial charge in [-0.1, -0.05) is 82.6 Å². The fourth-order valence-corrected chi connectivity index (χ4v) is 7.11. The van der Waals surface area contributed by atoms with Crippen LogP contribution in [0.1, 0.15) is 104 Å². The molecule has 48 heavy (non-hydrogen) atoms. The average Bonchev–Trinajstić information content (AvgIpc) is 3.54. The zero-order chi connectivity index (χ0) is 35.2. The first-order valence-corrected chi connectivity index (χ1v) is 17.4. The molecular formula is C35H49ClFN5O6. The highest BCUT2D eigenvalue weighted by atomic mass is 35.5. The first kappa shape index (κ1) is 37.3. The summed E-state index contributed by atoms with van der Waals surface area (Å²) in [4.78, 5) is 74.3. The number of amides is 4. The minimum Gasteiger partial charge on any atom is -0.387 e. The summed E-state index contributed by atoms with van der Waals surface area (Å²) < 4.78 is 13.9. The number of halogens is 2. The van der Waals surface area contributed by atoms with E-state index in [0.29, 0.717) is 24.1 Å². The van der Waals surface area contributed by atoms with Crippen molar-refractivity contribution in [2.24, 2.45) is 16.5 Å². The molecule has 4 amide bonds. The van der Waals surface area contributed by atoms with Crippen LogP contribution >= 0.6 is 11.6 Å². The van der Waals surface area contributed by atoms with Gasteiger partial charge in [-0.05, 0) is 42.7 Å². The van der Waals surface area contributed by atoms with Gasteiger partial charge in [0.2, 0.25) is 23.5 Å². The van der Waals surface area contributed by atoms with E-state index in [1.165, 1.54) is 30.1 Å². The van der Waals surface area contributed by atoms with E-state index < -0.39 is 58.5 Å². The number of likely N-dealkylation sites (N-methyl/N-ethyl adjacent to an activating group) is 1. The largest absolute Gasteiger partial charge is 0.387 e. The topological polar surface area (TPSA) is 146 Å². The van der Waals surface area contributed by atoms with Gasteiger partial charge in [-0.3, -0.25) is 24.0 Å². The van der Waals surface area contributed by atoms with Crippen molar-refractivity contribution in [1.82, 2.24) is 20.9 Å². The van der Waals surface area contributed by atoms with E-state index in [1.807, 2.05) is 27.7 Å². The maximum absolute atomic E-state index is 14.5. The molecule has 1 saturated carbocycles. The van der Waals surface area contributed by atoms with E-state index in [4.69, 9.17) is 16.4 Å². The lowest BCUT2D eigenvalue weighted by atomic mass is 9.85. The molecule has 11 nitrogen and oxygen atoms in total. The van der Waals surface area contributed by atoms with Crippen molar-refractivity contribution in [3.05, 3.63) is 34.6 Å². The van der Waals surface area contributed by atoms with Crippen molar-refractivity contribution in [2.45, 2.75) is 122 Å². The molecule has 0 bridgehead atoms. The molecule has 264 valence electrons. The Labute approximate surface area is 287 Å². The van der Waals surface area contributed by atoms with Crippen LogP contribution in [0.3, 0.4) is 0 Å². The Morgan fingerprint density at radius 1 is 1.10 bits per heavy atom. The number of benzene rings is 1. The number of hydrogen-bond donors (Lipinski definition) is 3. The lowest BCUT2D eigenvalue weighted by molar-refractivity contribution is -0.145. The Hall–Kier alpha value is -3.54. The lowest BCUT2D eigenvalue weighted by Gasteiger charge is -2.36. The van der Waals surface area contributed by atoms with Crippen LogP contribution in [0.25, 0.3) is 0 Å². The van der Waals surface area contributed by atoms with Crippen molar-refractivity contribution in [3.8, 4) is 0 Å². The summed E-state index contributed by atoms with van der Waals surface area (Å²) in [6, 6.07) is 1.06. The normalized spacial score (nSPS) is 22.7. The molecule has 0 aromatic heterocycles. The molecule has 1 saturated heterocycles. The monoisotopic (exact) mass is 689 g/mol. The van der Waals surface area contributed by atoms with Crippen LogP contribution in [-0.4, -0.2) is 77.3 Å². The number of oxime groups is 1. The molecule has 4 rings (SSSR count). The fraction of sp³-hybridized carbons (Fsp3) is 0.657. The summed E-state index contributed by atoms with van der Waals surface area (Å²) in [6.07, 6.45) is 7.76. The number of nitrogens with one attached hydrogen (secondary N) is 3. The number of likely N-dealkylation sites (tertiary alicyclic amines) is 1. The third-order valence-electron chi connectivity index (χ3n) is 9.61. The molecule has 13 heteroatoms. The van der Waals surface area contributed by atoms with E-state index in [1.54, 1.807) is 0 Å². The Bertz CT molecular complexity index is 1420. The first-order chi connectivity index (χ1) is 22.7. The highest BCUT2D eigenvalue weighted by Crippen LogP contribution is 2.40. The van der Waals surface area contributed by atoms with Crippen molar-refractivity contribution >= 4 is 46.7 Å². The van der Waals surface area contributed by atoms with Crippen molar-refractivity contribution in [1.29, 1.82) is 0 Å². The predicted octanol–water partition coefficient (Wildman–Crippen LogP) is 4.43. The predicted molar refractivity (Wildman–Crippen MR) is 180 cm³/mol. The van der Waals surface area contributed by atoms with E-state index in [9.17, 15) is 28.4 Å². The van der Waals surface area contributed by atoms with E-state index >= 15 is 0 Å². The molecule has 0 radical (unpaired) electrons. The third kappa shape index (κ3) is 8.92. The van der Waals surface area contributed by atoms with Gasteiger partial charge >= 0.3 is 0 Å². The van der Waals surface area contributed by atoms with Crippen LogP contribution in [0, 0.1) is 17.2 Å². The van der Waals surface area contributed by atoms with Gasteiger partial charge in [0.05, 0.1) is 23.3 Å². The lowest BCUT2D eigenvalue weighted by Crippen LogP contribution is -2.59. The maximum Gasteiger partial charge on any atom is 0.289 e. The van der Waals surface area contributed by atoms with Gasteiger partial charge in [-0.25, -0.2) is 4.39 Å². The zero-order valence-electron chi connectivity index (χ0n) is 28.6. The highest BCUT2D eigenvalue weighted by molar-refractivity contribution is 6.38. The number of carbonyl (C=O) groups is 5. The molecular weight excluding hydrogens is 641 g/mol. The third-order valence-corrected chi connectivity index (χ3v) is 9.90.